The number of ether oxygens (including phenoxy) is 2. The number of hydrogen-bond acceptors (Lipinski definition) is 3. The first-order valence-corrected chi connectivity index (χ1v) is 4.99. The standard InChI is InChI=1S/C11H16ClNO2/c1-11(2,13)7-5-6-8(12)10(15-4)9(7)14-3/h5-6H,13H2,1-4H3. The van der Waals surface area contributed by atoms with Gasteiger partial charge in [-0.2, -0.15) is 0 Å². The van der Waals surface area contributed by atoms with Crippen LogP contribution in [0, 0.1) is 0 Å². The Bertz CT molecular complexity index is 358. The third-order valence-electron chi connectivity index (χ3n) is 2.17. The van der Waals surface area contributed by atoms with Crippen molar-refractivity contribution < 1.29 is 9.47 Å². The Morgan fingerprint density at radius 1 is 1.13 bits per heavy atom. The molecule has 0 aliphatic rings. The molecule has 1 aromatic rings. The Morgan fingerprint density at radius 2 is 1.67 bits per heavy atom. The van der Waals surface area contributed by atoms with Gasteiger partial charge in [0.15, 0.2) is 11.5 Å². The van der Waals surface area contributed by atoms with E-state index in [4.69, 9.17) is 26.8 Å². The predicted molar refractivity (Wildman–Crippen MR) is 61.8 cm³/mol. The summed E-state index contributed by atoms with van der Waals surface area (Å²) in [5.74, 6) is 1.12. The Hall–Kier alpha value is -0.930. The third kappa shape index (κ3) is 2.36. The molecule has 1 aromatic carbocycles. The first kappa shape index (κ1) is 12.1. The summed E-state index contributed by atoms with van der Waals surface area (Å²) >= 11 is 5.98. The van der Waals surface area contributed by atoms with Crippen LogP contribution in [0.25, 0.3) is 0 Å². The normalized spacial score (nSPS) is 11.3. The van der Waals surface area contributed by atoms with E-state index in [1.807, 2.05) is 19.9 Å². The smallest absolute Gasteiger partial charge is 0.179 e. The molecule has 0 saturated heterocycles. The molecule has 0 heterocycles. The number of hydrogen-bond donors (Lipinski definition) is 1. The molecule has 0 aliphatic heterocycles. The Labute approximate surface area is 95.1 Å². The molecule has 0 unspecified atom stereocenters. The highest BCUT2D eigenvalue weighted by molar-refractivity contribution is 6.32. The predicted octanol–water partition coefficient (Wildman–Crippen LogP) is 2.55. The van der Waals surface area contributed by atoms with Gasteiger partial charge in [-0.3, -0.25) is 0 Å². The van der Waals surface area contributed by atoms with Gasteiger partial charge in [-0.15, -0.1) is 0 Å². The minimum atomic E-state index is -0.497. The second kappa shape index (κ2) is 4.29. The number of methoxy groups -OCH3 is 2. The quantitative estimate of drug-likeness (QED) is 0.867. The van der Waals surface area contributed by atoms with Crippen LogP contribution in [0.1, 0.15) is 19.4 Å². The average molecular weight is 230 g/mol. The van der Waals surface area contributed by atoms with Crippen LogP contribution in [0.5, 0.6) is 11.5 Å². The first-order valence-electron chi connectivity index (χ1n) is 4.61. The lowest BCUT2D eigenvalue weighted by Gasteiger charge is -2.23. The van der Waals surface area contributed by atoms with E-state index in [9.17, 15) is 0 Å². The summed E-state index contributed by atoms with van der Waals surface area (Å²) in [5.41, 5.74) is 6.40. The number of nitrogens with two attached hydrogens (primary N) is 1. The van der Waals surface area contributed by atoms with Crippen LogP contribution in [0.15, 0.2) is 12.1 Å². The fourth-order valence-electron chi connectivity index (χ4n) is 1.44. The molecular formula is C11H16ClNO2. The largest absolute Gasteiger partial charge is 0.492 e. The van der Waals surface area contributed by atoms with Crippen molar-refractivity contribution in [3.63, 3.8) is 0 Å². The third-order valence-corrected chi connectivity index (χ3v) is 2.46. The van der Waals surface area contributed by atoms with Crippen LogP contribution in [-0.4, -0.2) is 14.2 Å². The monoisotopic (exact) mass is 229 g/mol. The highest BCUT2D eigenvalue weighted by atomic mass is 35.5. The maximum atomic E-state index is 6.03. The zero-order chi connectivity index (χ0) is 11.6. The number of rotatable bonds is 3. The lowest BCUT2D eigenvalue weighted by atomic mass is 9.94. The van der Waals surface area contributed by atoms with E-state index in [2.05, 4.69) is 0 Å². The highest BCUT2D eigenvalue weighted by Crippen LogP contribution is 2.41. The topological polar surface area (TPSA) is 44.5 Å². The molecule has 0 spiro atoms. The van der Waals surface area contributed by atoms with Gasteiger partial charge >= 0.3 is 0 Å². The van der Waals surface area contributed by atoms with Crippen molar-refractivity contribution in [3.8, 4) is 11.5 Å². The van der Waals surface area contributed by atoms with Gasteiger partial charge in [-0.05, 0) is 19.9 Å². The second-order valence-electron chi connectivity index (χ2n) is 3.88. The Kier molecular flexibility index (Phi) is 3.47. The van der Waals surface area contributed by atoms with Crippen molar-refractivity contribution >= 4 is 11.6 Å². The molecule has 4 heteroatoms. The molecule has 0 radical (unpaired) electrons. The average Bonchev–Trinajstić information content (AvgIpc) is 2.15. The zero-order valence-corrected chi connectivity index (χ0v) is 10.2. The van der Waals surface area contributed by atoms with Gasteiger partial charge in [0.1, 0.15) is 0 Å². The zero-order valence-electron chi connectivity index (χ0n) is 9.43. The molecule has 0 aromatic heterocycles. The van der Waals surface area contributed by atoms with Crippen molar-refractivity contribution in [1.82, 2.24) is 0 Å². The second-order valence-corrected chi connectivity index (χ2v) is 4.29. The summed E-state index contributed by atoms with van der Waals surface area (Å²) in [5, 5.41) is 0.516. The van der Waals surface area contributed by atoms with Crippen LogP contribution < -0.4 is 15.2 Å². The van der Waals surface area contributed by atoms with E-state index in [0.717, 1.165) is 5.56 Å². The fourth-order valence-corrected chi connectivity index (χ4v) is 1.66. The Morgan fingerprint density at radius 3 is 2.07 bits per heavy atom. The molecular weight excluding hydrogens is 214 g/mol. The molecule has 84 valence electrons. The molecule has 1 rings (SSSR count). The van der Waals surface area contributed by atoms with Crippen LogP contribution >= 0.6 is 11.6 Å². The van der Waals surface area contributed by atoms with E-state index >= 15 is 0 Å². The maximum Gasteiger partial charge on any atom is 0.179 e. The molecule has 15 heavy (non-hydrogen) atoms. The number of halogens is 1. The van der Waals surface area contributed by atoms with Crippen LogP contribution in [0.4, 0.5) is 0 Å². The van der Waals surface area contributed by atoms with Crippen molar-refractivity contribution in [2.45, 2.75) is 19.4 Å². The molecule has 0 aliphatic carbocycles. The van der Waals surface area contributed by atoms with E-state index < -0.39 is 5.54 Å². The minimum Gasteiger partial charge on any atom is -0.492 e. The van der Waals surface area contributed by atoms with Crippen molar-refractivity contribution in [1.29, 1.82) is 0 Å². The van der Waals surface area contributed by atoms with E-state index in [-0.39, 0.29) is 0 Å². The molecule has 0 fully saturated rings. The van der Waals surface area contributed by atoms with E-state index in [1.54, 1.807) is 20.3 Å². The van der Waals surface area contributed by atoms with Crippen molar-refractivity contribution in [3.05, 3.63) is 22.7 Å². The summed E-state index contributed by atoms with van der Waals surface area (Å²) in [6, 6.07) is 3.61. The van der Waals surface area contributed by atoms with Gasteiger partial charge in [-0.1, -0.05) is 17.7 Å². The van der Waals surface area contributed by atoms with Gasteiger partial charge < -0.3 is 15.2 Å². The number of benzene rings is 1. The first-order chi connectivity index (χ1) is 6.91. The summed E-state index contributed by atoms with van der Waals surface area (Å²) in [7, 11) is 3.13. The summed E-state index contributed by atoms with van der Waals surface area (Å²) in [6.45, 7) is 3.80. The highest BCUT2D eigenvalue weighted by Gasteiger charge is 2.23. The SMILES string of the molecule is COc1c(Cl)ccc(C(C)(C)N)c1OC. The van der Waals surface area contributed by atoms with Gasteiger partial charge in [0.05, 0.1) is 19.2 Å². The van der Waals surface area contributed by atoms with Gasteiger partial charge in [-0.25, -0.2) is 0 Å². The molecule has 0 amide bonds. The summed E-state index contributed by atoms with van der Waals surface area (Å²) in [6.07, 6.45) is 0. The lowest BCUT2D eigenvalue weighted by molar-refractivity contribution is 0.344. The molecule has 0 atom stereocenters. The van der Waals surface area contributed by atoms with Gasteiger partial charge in [0, 0.05) is 11.1 Å². The van der Waals surface area contributed by atoms with Crippen molar-refractivity contribution in [2.75, 3.05) is 14.2 Å². The van der Waals surface area contributed by atoms with Crippen molar-refractivity contribution in [2.24, 2.45) is 5.73 Å². The fraction of sp³-hybridized carbons (Fsp3) is 0.455. The van der Waals surface area contributed by atoms with Crippen LogP contribution in [0.3, 0.4) is 0 Å². The summed E-state index contributed by atoms with van der Waals surface area (Å²) < 4.78 is 10.5. The summed E-state index contributed by atoms with van der Waals surface area (Å²) in [4.78, 5) is 0. The van der Waals surface area contributed by atoms with Gasteiger partial charge in [0.25, 0.3) is 0 Å². The van der Waals surface area contributed by atoms with E-state index in [1.165, 1.54) is 0 Å². The molecule has 0 bridgehead atoms. The minimum absolute atomic E-state index is 0.497. The van der Waals surface area contributed by atoms with Crippen LogP contribution in [0.2, 0.25) is 5.02 Å². The molecule has 3 nitrogen and oxygen atoms in total. The Balaban J connectivity index is 3.42. The molecule has 2 N–H and O–H groups in total. The lowest BCUT2D eigenvalue weighted by Crippen LogP contribution is -2.29. The van der Waals surface area contributed by atoms with Crippen LogP contribution in [-0.2, 0) is 5.54 Å². The maximum absolute atomic E-state index is 6.03. The van der Waals surface area contributed by atoms with Gasteiger partial charge in [0.2, 0.25) is 0 Å². The van der Waals surface area contributed by atoms with E-state index in [0.29, 0.717) is 16.5 Å². The molecule has 0 saturated carbocycles.